The van der Waals surface area contributed by atoms with Crippen LogP contribution in [0.3, 0.4) is 0 Å². The second kappa shape index (κ2) is 5.23. The van der Waals surface area contributed by atoms with Crippen LogP contribution in [0.15, 0.2) is 5.11 Å². The molecule has 0 radical (unpaired) electrons. The SMILES string of the molecule is CC(C)(C)SC[C@](C)(C(=O)O)C(=O)N=[N+]=[N-]. The highest BCUT2D eigenvalue weighted by molar-refractivity contribution is 8.00. The van der Waals surface area contributed by atoms with Gasteiger partial charge in [-0.3, -0.25) is 9.59 Å². The third-order valence-corrected chi connectivity index (χ3v) is 3.46. The summed E-state index contributed by atoms with van der Waals surface area (Å²) < 4.78 is -0.159. The predicted octanol–water partition coefficient (Wildman–Crippen LogP) is 2.45. The van der Waals surface area contributed by atoms with Gasteiger partial charge in [-0.25, -0.2) is 0 Å². The van der Waals surface area contributed by atoms with Gasteiger partial charge < -0.3 is 5.11 Å². The molecule has 0 spiro atoms. The summed E-state index contributed by atoms with van der Waals surface area (Å²) in [6.07, 6.45) is 0. The Hall–Kier alpha value is -1.20. The minimum absolute atomic E-state index is 0.0731. The summed E-state index contributed by atoms with van der Waals surface area (Å²) in [5.74, 6) is -2.16. The maximum atomic E-state index is 11.4. The second-order valence-electron chi connectivity index (χ2n) is 4.53. The molecule has 0 rings (SSSR count). The average Bonchev–Trinajstić information content (AvgIpc) is 2.13. The number of rotatable bonds is 4. The van der Waals surface area contributed by atoms with Crippen LogP contribution in [0.1, 0.15) is 27.7 Å². The largest absolute Gasteiger partial charge is 0.480 e. The molecule has 1 amide bonds. The zero-order chi connectivity index (χ0) is 13.0. The lowest BCUT2D eigenvalue weighted by molar-refractivity contribution is -0.151. The van der Waals surface area contributed by atoms with Crippen molar-refractivity contribution in [2.45, 2.75) is 32.4 Å². The fourth-order valence-electron chi connectivity index (χ4n) is 0.727. The van der Waals surface area contributed by atoms with Crippen molar-refractivity contribution in [1.29, 1.82) is 0 Å². The van der Waals surface area contributed by atoms with Gasteiger partial charge in [0.05, 0.1) is 0 Å². The number of azide groups is 1. The normalized spacial score (nSPS) is 14.8. The van der Waals surface area contributed by atoms with E-state index in [0.717, 1.165) is 0 Å². The summed E-state index contributed by atoms with van der Waals surface area (Å²) >= 11 is 1.34. The van der Waals surface area contributed by atoms with E-state index in [0.29, 0.717) is 0 Å². The van der Waals surface area contributed by atoms with E-state index in [1.807, 2.05) is 20.8 Å². The third-order valence-electron chi connectivity index (χ3n) is 1.87. The summed E-state index contributed by atoms with van der Waals surface area (Å²) in [4.78, 5) is 24.8. The molecule has 90 valence electrons. The lowest BCUT2D eigenvalue weighted by atomic mass is 9.93. The van der Waals surface area contributed by atoms with Crippen molar-refractivity contribution in [2.24, 2.45) is 10.5 Å². The average molecular weight is 245 g/mol. The first-order valence-corrected chi connectivity index (χ1v) is 5.59. The molecule has 0 aromatic carbocycles. The Kier molecular flexibility index (Phi) is 4.83. The molecule has 1 N–H and O–H groups in total. The summed E-state index contributed by atoms with van der Waals surface area (Å²) in [5, 5.41) is 11.9. The number of hydrogen-bond donors (Lipinski definition) is 1. The number of carboxylic acid groups (broad SMARTS) is 1. The van der Waals surface area contributed by atoms with E-state index < -0.39 is 17.3 Å². The van der Waals surface area contributed by atoms with Gasteiger partial charge >= 0.3 is 5.97 Å². The van der Waals surface area contributed by atoms with E-state index in [9.17, 15) is 9.59 Å². The molecule has 0 unspecified atom stereocenters. The van der Waals surface area contributed by atoms with Crippen molar-refractivity contribution < 1.29 is 14.7 Å². The minimum Gasteiger partial charge on any atom is -0.480 e. The highest BCUT2D eigenvalue weighted by atomic mass is 32.2. The molecule has 0 aromatic rings. The van der Waals surface area contributed by atoms with Crippen molar-refractivity contribution >= 4 is 23.6 Å². The molecule has 7 heteroatoms. The van der Waals surface area contributed by atoms with Gasteiger partial charge in [-0.15, -0.1) is 0 Å². The Labute approximate surface area is 98.0 Å². The molecule has 0 aliphatic rings. The fraction of sp³-hybridized carbons (Fsp3) is 0.778. The molecule has 16 heavy (non-hydrogen) atoms. The number of hydrogen-bond acceptors (Lipinski definition) is 3. The number of aliphatic carboxylic acids is 1. The molecule has 6 nitrogen and oxygen atoms in total. The highest BCUT2D eigenvalue weighted by Gasteiger charge is 2.41. The van der Waals surface area contributed by atoms with Crippen molar-refractivity contribution in [2.75, 3.05) is 5.75 Å². The smallest absolute Gasteiger partial charge is 0.317 e. The molecule has 0 heterocycles. The molecular formula is C9H15N3O3S. The van der Waals surface area contributed by atoms with Crippen molar-refractivity contribution in [3.8, 4) is 0 Å². The molecule has 0 aliphatic carbocycles. The molecule has 0 fully saturated rings. The zero-order valence-electron chi connectivity index (χ0n) is 9.72. The van der Waals surface area contributed by atoms with Crippen molar-refractivity contribution in [1.82, 2.24) is 0 Å². The molecule has 0 bridgehead atoms. The summed E-state index contributed by atoms with van der Waals surface area (Å²) in [7, 11) is 0. The molecule has 0 aliphatic heterocycles. The van der Waals surface area contributed by atoms with Gasteiger partial charge in [-0.2, -0.15) is 11.8 Å². The number of carbonyl (C=O) groups excluding carboxylic acids is 1. The minimum atomic E-state index is -1.66. The number of thioether (sulfide) groups is 1. The van der Waals surface area contributed by atoms with Crippen LogP contribution in [0.4, 0.5) is 0 Å². The van der Waals surface area contributed by atoms with Crippen LogP contribution in [-0.4, -0.2) is 27.5 Å². The Balaban J connectivity index is 4.92. The van der Waals surface area contributed by atoms with E-state index in [-0.39, 0.29) is 10.5 Å². The van der Waals surface area contributed by atoms with E-state index in [1.165, 1.54) is 18.7 Å². The van der Waals surface area contributed by atoms with E-state index in [2.05, 4.69) is 10.0 Å². The van der Waals surface area contributed by atoms with Crippen LogP contribution in [0.25, 0.3) is 10.4 Å². The summed E-state index contributed by atoms with van der Waals surface area (Å²) in [6, 6.07) is 0. The van der Waals surface area contributed by atoms with Gasteiger partial charge in [0.25, 0.3) is 0 Å². The molecule has 0 saturated carbocycles. The topological polar surface area (TPSA) is 103 Å². The second-order valence-corrected chi connectivity index (χ2v) is 6.33. The van der Waals surface area contributed by atoms with E-state index in [1.54, 1.807) is 0 Å². The van der Waals surface area contributed by atoms with Crippen LogP contribution < -0.4 is 0 Å². The van der Waals surface area contributed by atoms with Gasteiger partial charge in [0.15, 0.2) is 0 Å². The summed E-state index contributed by atoms with van der Waals surface area (Å²) in [5.41, 5.74) is 6.49. The lowest BCUT2D eigenvalue weighted by Crippen LogP contribution is -2.38. The third kappa shape index (κ3) is 4.12. The van der Waals surface area contributed by atoms with Gasteiger partial charge in [0.2, 0.25) is 5.91 Å². The van der Waals surface area contributed by atoms with Crippen LogP contribution in [0.2, 0.25) is 0 Å². The van der Waals surface area contributed by atoms with Crippen molar-refractivity contribution in [3.05, 3.63) is 10.4 Å². The molecular weight excluding hydrogens is 230 g/mol. The molecule has 0 aromatic heterocycles. The lowest BCUT2D eigenvalue weighted by Gasteiger charge is -2.25. The first kappa shape index (κ1) is 14.8. The Bertz CT molecular complexity index is 344. The van der Waals surface area contributed by atoms with E-state index in [4.69, 9.17) is 10.6 Å². The Morgan fingerprint density at radius 1 is 1.38 bits per heavy atom. The summed E-state index contributed by atoms with van der Waals surface area (Å²) in [6.45, 7) is 7.01. The first-order valence-electron chi connectivity index (χ1n) is 4.60. The number of carbonyl (C=O) groups is 2. The number of nitrogens with zero attached hydrogens (tertiary/aromatic N) is 3. The van der Waals surface area contributed by atoms with Gasteiger partial charge in [-0.05, 0) is 17.6 Å². The van der Waals surface area contributed by atoms with Crippen molar-refractivity contribution in [3.63, 3.8) is 0 Å². The first-order chi connectivity index (χ1) is 7.13. The zero-order valence-corrected chi connectivity index (χ0v) is 10.5. The molecule has 1 atom stereocenters. The quantitative estimate of drug-likeness (QED) is 0.355. The monoisotopic (exact) mass is 245 g/mol. The fourth-order valence-corrected chi connectivity index (χ4v) is 1.70. The maximum Gasteiger partial charge on any atom is 0.317 e. The van der Waals surface area contributed by atoms with Crippen LogP contribution in [-0.2, 0) is 9.59 Å². The Morgan fingerprint density at radius 3 is 2.19 bits per heavy atom. The van der Waals surface area contributed by atoms with Gasteiger partial charge in [0, 0.05) is 15.4 Å². The van der Waals surface area contributed by atoms with Gasteiger partial charge in [0.1, 0.15) is 5.41 Å². The maximum absolute atomic E-state index is 11.4. The highest BCUT2D eigenvalue weighted by Crippen LogP contribution is 2.32. The standard InChI is InChI=1S/C9H15N3O3S/c1-8(2,3)16-5-9(4,7(14)15)6(13)11-12-10/h5H2,1-4H3,(H,14,15)/t9-/m0/s1. The predicted molar refractivity (Wildman–Crippen MR) is 62.1 cm³/mol. The number of carboxylic acids is 1. The van der Waals surface area contributed by atoms with E-state index >= 15 is 0 Å². The molecule has 0 saturated heterocycles. The van der Waals surface area contributed by atoms with Crippen LogP contribution in [0, 0.1) is 5.41 Å². The van der Waals surface area contributed by atoms with Gasteiger partial charge in [-0.1, -0.05) is 20.8 Å². The van der Waals surface area contributed by atoms with Crippen LogP contribution in [0.5, 0.6) is 0 Å². The number of amides is 1. The van der Waals surface area contributed by atoms with Crippen LogP contribution >= 0.6 is 11.8 Å². The Morgan fingerprint density at radius 2 is 1.88 bits per heavy atom.